The van der Waals surface area contributed by atoms with E-state index in [9.17, 15) is 4.79 Å². The summed E-state index contributed by atoms with van der Waals surface area (Å²) in [5.41, 5.74) is 5.94. The molecule has 0 radical (unpaired) electrons. The highest BCUT2D eigenvalue weighted by molar-refractivity contribution is 5.82. The number of piperazine rings is 1. The Labute approximate surface area is 141 Å². The number of carbonyl (C=O) groups is 1. The van der Waals surface area contributed by atoms with E-state index in [1.165, 1.54) is 19.1 Å². The summed E-state index contributed by atoms with van der Waals surface area (Å²) in [4.78, 5) is 12.4. The maximum absolute atomic E-state index is 10.9. The van der Waals surface area contributed by atoms with E-state index >= 15 is 0 Å². The number of nitrogens with zero attached hydrogens (tertiary/aromatic N) is 2. The van der Waals surface area contributed by atoms with E-state index in [4.69, 9.17) is 19.9 Å². The first-order chi connectivity index (χ1) is 11.5. The number of hydrogen-bond donors (Lipinski definition) is 2. The number of ether oxygens (including phenoxy) is 3. The smallest absolute Gasteiger partial charge is 0.255 e. The molecular weight excluding hydrogens is 312 g/mol. The SMILES string of the molecule is COc1cc(/C=N\N2CC[NH+](C)CC2)cc(OC)c1OCC(N)=O. The zero-order chi connectivity index (χ0) is 17.5. The summed E-state index contributed by atoms with van der Waals surface area (Å²) >= 11 is 0. The van der Waals surface area contributed by atoms with Gasteiger partial charge in [-0.25, -0.2) is 0 Å². The summed E-state index contributed by atoms with van der Waals surface area (Å²) in [5.74, 6) is 0.695. The molecule has 8 heteroatoms. The number of primary amides is 1. The van der Waals surface area contributed by atoms with Crippen molar-refractivity contribution in [2.24, 2.45) is 10.8 Å². The quantitative estimate of drug-likeness (QED) is 0.606. The number of hydrazone groups is 1. The number of likely N-dealkylation sites (N-methyl/N-ethyl adjacent to an activating group) is 1. The summed E-state index contributed by atoms with van der Waals surface area (Å²) in [6, 6.07) is 3.56. The molecule has 0 saturated carbocycles. The second-order valence-corrected chi connectivity index (χ2v) is 5.66. The van der Waals surface area contributed by atoms with Gasteiger partial charge in [0.05, 0.1) is 53.7 Å². The van der Waals surface area contributed by atoms with Gasteiger partial charge in [-0.2, -0.15) is 5.10 Å². The van der Waals surface area contributed by atoms with Gasteiger partial charge in [0.1, 0.15) is 0 Å². The third-order valence-corrected chi connectivity index (χ3v) is 3.81. The Bertz CT molecular complexity index is 573. The van der Waals surface area contributed by atoms with Crippen LogP contribution in [0.15, 0.2) is 17.2 Å². The Morgan fingerprint density at radius 1 is 1.29 bits per heavy atom. The molecule has 132 valence electrons. The van der Waals surface area contributed by atoms with Gasteiger partial charge >= 0.3 is 0 Å². The predicted octanol–water partition coefficient (Wildman–Crippen LogP) is -1.27. The summed E-state index contributed by atoms with van der Waals surface area (Å²) < 4.78 is 16.1. The number of benzene rings is 1. The highest BCUT2D eigenvalue weighted by Gasteiger charge is 2.16. The van der Waals surface area contributed by atoms with Crippen molar-refractivity contribution < 1.29 is 23.9 Å². The molecule has 1 saturated heterocycles. The van der Waals surface area contributed by atoms with Gasteiger partial charge in [0.25, 0.3) is 5.91 Å². The van der Waals surface area contributed by atoms with Crippen LogP contribution in [-0.2, 0) is 4.79 Å². The second kappa shape index (κ2) is 8.39. The predicted molar refractivity (Wildman–Crippen MR) is 90.0 cm³/mol. The molecule has 2 rings (SSSR count). The van der Waals surface area contributed by atoms with E-state index in [0.717, 1.165) is 31.7 Å². The van der Waals surface area contributed by atoms with Gasteiger partial charge in [0.15, 0.2) is 18.1 Å². The summed E-state index contributed by atoms with van der Waals surface area (Å²) in [7, 11) is 5.23. The molecule has 1 amide bonds. The Morgan fingerprint density at radius 3 is 2.38 bits per heavy atom. The molecule has 0 aliphatic carbocycles. The number of hydrogen-bond acceptors (Lipinski definition) is 6. The highest BCUT2D eigenvalue weighted by Crippen LogP contribution is 2.38. The van der Waals surface area contributed by atoms with E-state index in [0.29, 0.717) is 17.2 Å². The van der Waals surface area contributed by atoms with Gasteiger partial charge in [-0.05, 0) is 12.1 Å². The molecule has 3 N–H and O–H groups in total. The van der Waals surface area contributed by atoms with Crippen molar-refractivity contribution in [2.45, 2.75) is 0 Å². The summed E-state index contributed by atoms with van der Waals surface area (Å²) in [6.45, 7) is 3.75. The fourth-order valence-electron chi connectivity index (χ4n) is 2.40. The minimum atomic E-state index is -0.568. The number of methoxy groups -OCH3 is 2. The normalized spacial score (nSPS) is 15.5. The van der Waals surface area contributed by atoms with Crippen molar-refractivity contribution in [2.75, 3.05) is 54.1 Å². The number of carbonyl (C=O) groups excluding carboxylic acids is 1. The lowest BCUT2D eigenvalue weighted by Crippen LogP contribution is -3.11. The summed E-state index contributed by atoms with van der Waals surface area (Å²) in [6.07, 6.45) is 1.77. The number of rotatable bonds is 7. The number of quaternary nitrogens is 1. The molecule has 1 heterocycles. The van der Waals surface area contributed by atoms with Crippen LogP contribution in [0.4, 0.5) is 0 Å². The zero-order valence-corrected chi connectivity index (χ0v) is 14.4. The van der Waals surface area contributed by atoms with Gasteiger partial charge in [0, 0.05) is 5.56 Å². The first-order valence-corrected chi connectivity index (χ1v) is 7.81. The minimum absolute atomic E-state index is 0.246. The van der Waals surface area contributed by atoms with Crippen LogP contribution in [-0.4, -0.2) is 71.2 Å². The standard InChI is InChI=1S/C16H24N4O4/c1-19-4-6-20(7-5-19)18-10-12-8-13(22-2)16(14(9-12)23-3)24-11-15(17)21/h8-10H,4-7,11H2,1-3H3,(H2,17,21)/p+1/b18-10-. The molecule has 1 aromatic carbocycles. The molecule has 1 aliphatic heterocycles. The zero-order valence-electron chi connectivity index (χ0n) is 14.4. The molecular formula is C16H25N4O4+. The third-order valence-electron chi connectivity index (χ3n) is 3.81. The van der Waals surface area contributed by atoms with E-state index in [1.54, 1.807) is 18.3 Å². The lowest BCUT2D eigenvalue weighted by molar-refractivity contribution is -0.884. The van der Waals surface area contributed by atoms with Crippen LogP contribution in [0.2, 0.25) is 0 Å². The number of nitrogens with two attached hydrogens (primary N) is 1. The Balaban J connectivity index is 2.17. The fourth-order valence-corrected chi connectivity index (χ4v) is 2.40. The maximum Gasteiger partial charge on any atom is 0.255 e. The average Bonchev–Trinajstić information content (AvgIpc) is 2.58. The molecule has 8 nitrogen and oxygen atoms in total. The molecule has 1 aliphatic rings. The van der Waals surface area contributed by atoms with Crippen LogP contribution in [0.1, 0.15) is 5.56 Å². The minimum Gasteiger partial charge on any atom is -0.493 e. The average molecular weight is 337 g/mol. The van der Waals surface area contributed by atoms with Crippen LogP contribution in [0.5, 0.6) is 17.2 Å². The first-order valence-electron chi connectivity index (χ1n) is 7.81. The topological polar surface area (TPSA) is 90.8 Å². The van der Waals surface area contributed by atoms with Crippen molar-refractivity contribution in [3.8, 4) is 17.2 Å². The Morgan fingerprint density at radius 2 is 1.88 bits per heavy atom. The summed E-state index contributed by atoms with van der Waals surface area (Å²) in [5, 5.41) is 6.56. The van der Waals surface area contributed by atoms with Gasteiger partial charge in [0.2, 0.25) is 5.75 Å². The van der Waals surface area contributed by atoms with Gasteiger partial charge in [-0.1, -0.05) is 0 Å². The molecule has 0 bridgehead atoms. The van der Waals surface area contributed by atoms with Crippen molar-refractivity contribution in [1.29, 1.82) is 0 Å². The van der Waals surface area contributed by atoms with E-state index < -0.39 is 5.91 Å². The van der Waals surface area contributed by atoms with Crippen LogP contribution >= 0.6 is 0 Å². The van der Waals surface area contributed by atoms with E-state index in [2.05, 4.69) is 12.1 Å². The molecule has 0 atom stereocenters. The molecule has 1 aromatic rings. The molecule has 24 heavy (non-hydrogen) atoms. The van der Waals surface area contributed by atoms with Crippen LogP contribution in [0.25, 0.3) is 0 Å². The van der Waals surface area contributed by atoms with Crippen molar-refractivity contribution in [1.82, 2.24) is 5.01 Å². The van der Waals surface area contributed by atoms with E-state index in [-0.39, 0.29) is 6.61 Å². The molecule has 1 fully saturated rings. The van der Waals surface area contributed by atoms with Crippen molar-refractivity contribution >= 4 is 12.1 Å². The fraction of sp³-hybridized carbons (Fsp3) is 0.500. The second-order valence-electron chi connectivity index (χ2n) is 5.66. The van der Waals surface area contributed by atoms with Gasteiger partial charge < -0.3 is 24.8 Å². The number of nitrogens with one attached hydrogen (secondary N) is 1. The third kappa shape index (κ3) is 4.76. The Hall–Kier alpha value is -2.48. The lowest BCUT2D eigenvalue weighted by atomic mass is 10.2. The molecule has 0 spiro atoms. The first kappa shape index (κ1) is 17.9. The van der Waals surface area contributed by atoms with Crippen LogP contribution in [0, 0.1) is 0 Å². The largest absolute Gasteiger partial charge is 0.493 e. The van der Waals surface area contributed by atoms with Crippen molar-refractivity contribution in [3.05, 3.63) is 17.7 Å². The monoisotopic (exact) mass is 337 g/mol. The Kier molecular flexibility index (Phi) is 6.25. The molecule has 0 unspecified atom stereocenters. The van der Waals surface area contributed by atoms with Gasteiger partial charge in [-0.3, -0.25) is 9.80 Å². The highest BCUT2D eigenvalue weighted by atomic mass is 16.5. The van der Waals surface area contributed by atoms with Gasteiger partial charge in [-0.15, -0.1) is 0 Å². The lowest BCUT2D eigenvalue weighted by Gasteiger charge is -2.27. The number of amides is 1. The van der Waals surface area contributed by atoms with Crippen LogP contribution < -0.4 is 24.8 Å². The van der Waals surface area contributed by atoms with E-state index in [1.807, 2.05) is 5.01 Å². The maximum atomic E-state index is 10.9. The van der Waals surface area contributed by atoms with Crippen LogP contribution in [0.3, 0.4) is 0 Å². The molecule has 0 aromatic heterocycles. The van der Waals surface area contributed by atoms with Crippen molar-refractivity contribution in [3.63, 3.8) is 0 Å².